The lowest BCUT2D eigenvalue weighted by atomic mass is 9.88. The number of Topliss-reactive ketones (excluding diaryl/α,β-unsaturated/α-hetero) is 1. The number of hydrogen-bond donors (Lipinski definition) is 1. The number of aromatic nitrogens is 1. The van der Waals surface area contributed by atoms with E-state index < -0.39 is 0 Å². The first-order valence-electron chi connectivity index (χ1n) is 12.3. The van der Waals surface area contributed by atoms with Gasteiger partial charge in [-0.1, -0.05) is 88.9 Å². The van der Waals surface area contributed by atoms with Crippen LogP contribution < -0.4 is 0 Å². The maximum atomic E-state index is 12.5. The van der Waals surface area contributed by atoms with E-state index in [0.29, 0.717) is 18.3 Å². The number of H-pyrrole nitrogens is 1. The lowest BCUT2D eigenvalue weighted by molar-refractivity contribution is 0.0975. The van der Waals surface area contributed by atoms with Crippen molar-refractivity contribution in [1.82, 2.24) is 4.98 Å². The van der Waals surface area contributed by atoms with Crippen molar-refractivity contribution in [3.05, 3.63) is 71.4 Å². The first-order chi connectivity index (χ1) is 15.1. The maximum absolute atomic E-state index is 12.5. The van der Waals surface area contributed by atoms with Gasteiger partial charge in [-0.2, -0.15) is 0 Å². The molecule has 166 valence electrons. The number of hydrogen-bond acceptors (Lipinski definition) is 1. The van der Waals surface area contributed by atoms with Crippen molar-refractivity contribution in [1.29, 1.82) is 0 Å². The number of unbranched alkanes of at least 4 members (excludes halogenated alkanes) is 3. The maximum Gasteiger partial charge on any atom is 0.179 e. The molecule has 0 aliphatic carbocycles. The topological polar surface area (TPSA) is 32.9 Å². The number of carbonyl (C=O) groups excluding carboxylic acids is 1. The van der Waals surface area contributed by atoms with Gasteiger partial charge in [-0.15, -0.1) is 0 Å². The molecule has 0 aliphatic rings. The van der Waals surface area contributed by atoms with Crippen LogP contribution in [0.5, 0.6) is 0 Å². The van der Waals surface area contributed by atoms with Gasteiger partial charge in [0.05, 0.1) is 5.69 Å². The van der Waals surface area contributed by atoms with Crippen molar-refractivity contribution in [3.8, 4) is 0 Å². The molecule has 1 atom stereocenters. The Kier molecular flexibility index (Phi) is 8.94. The third-order valence-corrected chi connectivity index (χ3v) is 6.27. The molecule has 3 rings (SSSR count). The van der Waals surface area contributed by atoms with Gasteiger partial charge in [0.1, 0.15) is 0 Å². The molecule has 2 aromatic carbocycles. The summed E-state index contributed by atoms with van der Waals surface area (Å²) >= 11 is 0. The molecule has 0 fully saturated rings. The van der Waals surface area contributed by atoms with E-state index in [1.807, 2.05) is 30.3 Å². The first-order valence-corrected chi connectivity index (χ1v) is 12.3. The Bertz CT molecular complexity index is 902. The Morgan fingerprint density at radius 1 is 0.903 bits per heavy atom. The summed E-state index contributed by atoms with van der Waals surface area (Å²) < 4.78 is 0. The molecular weight excluding hydrogens is 378 g/mol. The van der Waals surface area contributed by atoms with Crippen molar-refractivity contribution in [2.75, 3.05) is 0 Å². The highest BCUT2D eigenvalue weighted by molar-refractivity contribution is 5.99. The van der Waals surface area contributed by atoms with Crippen LogP contribution >= 0.6 is 0 Å². The number of para-hydroxylation sites is 1. The standard InChI is InChI=1S/C29H39NO/c1-4-11-24(25-18-16-23(17-19-25)20-22(2)3)12-7-5-6-8-15-29(31)28-21-26-13-9-10-14-27(26)30-28/h9-10,13-14,16-19,21-22,24,30H,4-8,11-12,15,20H2,1-3H3. The van der Waals surface area contributed by atoms with Gasteiger partial charge in [0.25, 0.3) is 0 Å². The Hall–Kier alpha value is -2.35. The summed E-state index contributed by atoms with van der Waals surface area (Å²) in [5, 5.41) is 1.12. The van der Waals surface area contributed by atoms with Gasteiger partial charge in [-0.25, -0.2) is 0 Å². The molecule has 3 aromatic rings. The molecule has 1 N–H and O–H groups in total. The molecule has 0 bridgehead atoms. The predicted octanol–water partition coefficient (Wildman–Crippen LogP) is 8.47. The van der Waals surface area contributed by atoms with Gasteiger partial charge in [0, 0.05) is 17.3 Å². The third kappa shape index (κ3) is 7.09. The molecule has 1 heterocycles. The molecule has 0 saturated carbocycles. The van der Waals surface area contributed by atoms with E-state index in [9.17, 15) is 4.79 Å². The van der Waals surface area contributed by atoms with Crippen LogP contribution in [0.4, 0.5) is 0 Å². The van der Waals surface area contributed by atoms with Crippen LogP contribution in [-0.2, 0) is 6.42 Å². The second-order valence-corrected chi connectivity index (χ2v) is 9.47. The smallest absolute Gasteiger partial charge is 0.179 e. The Morgan fingerprint density at radius 2 is 1.65 bits per heavy atom. The van der Waals surface area contributed by atoms with Gasteiger partial charge >= 0.3 is 0 Å². The van der Waals surface area contributed by atoms with Crippen LogP contribution in [0.15, 0.2) is 54.6 Å². The molecule has 1 unspecified atom stereocenters. The zero-order valence-corrected chi connectivity index (χ0v) is 19.6. The number of nitrogens with one attached hydrogen (secondary N) is 1. The van der Waals surface area contributed by atoms with Crippen molar-refractivity contribution >= 4 is 16.7 Å². The fourth-order valence-electron chi connectivity index (χ4n) is 4.61. The van der Waals surface area contributed by atoms with Crippen molar-refractivity contribution in [3.63, 3.8) is 0 Å². The number of benzene rings is 2. The molecule has 2 heteroatoms. The average Bonchev–Trinajstić information content (AvgIpc) is 3.20. The molecule has 0 radical (unpaired) electrons. The largest absolute Gasteiger partial charge is 0.352 e. The van der Waals surface area contributed by atoms with Gasteiger partial charge in [-0.05, 0) is 60.8 Å². The van der Waals surface area contributed by atoms with E-state index in [1.54, 1.807) is 0 Å². The van der Waals surface area contributed by atoms with E-state index in [2.05, 4.69) is 50.0 Å². The van der Waals surface area contributed by atoms with E-state index in [0.717, 1.165) is 35.9 Å². The Balaban J connectivity index is 1.39. The zero-order valence-electron chi connectivity index (χ0n) is 19.6. The highest BCUT2D eigenvalue weighted by Gasteiger charge is 2.12. The molecule has 31 heavy (non-hydrogen) atoms. The number of aromatic amines is 1. The number of fused-ring (bicyclic) bond motifs is 1. The molecule has 1 aromatic heterocycles. The molecular formula is C29H39NO. The first kappa shape index (κ1) is 23.3. The number of carbonyl (C=O) groups is 1. The van der Waals surface area contributed by atoms with Crippen LogP contribution in [0.1, 0.15) is 99.7 Å². The number of ketones is 1. The molecule has 2 nitrogen and oxygen atoms in total. The molecule has 0 spiro atoms. The van der Waals surface area contributed by atoms with Crippen LogP contribution in [-0.4, -0.2) is 10.8 Å². The van der Waals surface area contributed by atoms with Crippen molar-refractivity contribution < 1.29 is 4.79 Å². The van der Waals surface area contributed by atoms with Crippen LogP contribution in [0.2, 0.25) is 0 Å². The minimum absolute atomic E-state index is 0.238. The lowest BCUT2D eigenvalue weighted by Gasteiger charge is -2.17. The monoisotopic (exact) mass is 417 g/mol. The van der Waals surface area contributed by atoms with Crippen LogP contribution in [0, 0.1) is 5.92 Å². The average molecular weight is 418 g/mol. The highest BCUT2D eigenvalue weighted by Crippen LogP contribution is 2.28. The van der Waals surface area contributed by atoms with E-state index in [-0.39, 0.29) is 5.78 Å². The summed E-state index contributed by atoms with van der Waals surface area (Å²) in [4.78, 5) is 15.7. The third-order valence-electron chi connectivity index (χ3n) is 6.27. The minimum atomic E-state index is 0.238. The second-order valence-electron chi connectivity index (χ2n) is 9.47. The predicted molar refractivity (Wildman–Crippen MR) is 133 cm³/mol. The van der Waals surface area contributed by atoms with E-state index >= 15 is 0 Å². The molecule has 0 aliphatic heterocycles. The normalized spacial score (nSPS) is 12.5. The molecule has 0 saturated heterocycles. The summed E-state index contributed by atoms with van der Waals surface area (Å²) in [5.74, 6) is 1.62. The number of rotatable bonds is 13. The fourth-order valence-corrected chi connectivity index (χ4v) is 4.61. The fraction of sp³-hybridized carbons (Fsp3) is 0.483. The van der Waals surface area contributed by atoms with Crippen molar-refractivity contribution in [2.24, 2.45) is 5.92 Å². The summed E-state index contributed by atoms with van der Waals surface area (Å²) in [5.41, 5.74) is 4.76. The van der Waals surface area contributed by atoms with E-state index in [1.165, 1.54) is 43.2 Å². The summed E-state index contributed by atoms with van der Waals surface area (Å²) in [6.07, 6.45) is 10.1. The summed E-state index contributed by atoms with van der Waals surface area (Å²) in [6, 6.07) is 19.4. The zero-order chi connectivity index (χ0) is 22.1. The minimum Gasteiger partial charge on any atom is -0.352 e. The second kappa shape index (κ2) is 11.9. The summed E-state index contributed by atoms with van der Waals surface area (Å²) in [7, 11) is 0. The van der Waals surface area contributed by atoms with Gasteiger partial charge in [0.15, 0.2) is 5.78 Å². The Labute approximate surface area is 188 Å². The highest BCUT2D eigenvalue weighted by atomic mass is 16.1. The summed E-state index contributed by atoms with van der Waals surface area (Å²) in [6.45, 7) is 6.85. The molecule has 0 amide bonds. The SMILES string of the molecule is CCCC(CCCCCCC(=O)c1cc2ccccc2[nH]1)c1ccc(CC(C)C)cc1. The van der Waals surface area contributed by atoms with E-state index in [4.69, 9.17) is 0 Å². The van der Waals surface area contributed by atoms with Crippen molar-refractivity contribution in [2.45, 2.75) is 84.5 Å². The van der Waals surface area contributed by atoms with Gasteiger partial charge < -0.3 is 4.98 Å². The van der Waals surface area contributed by atoms with Gasteiger partial charge in [0.2, 0.25) is 0 Å². The Morgan fingerprint density at radius 3 is 2.35 bits per heavy atom. The quantitative estimate of drug-likeness (QED) is 0.219. The van der Waals surface area contributed by atoms with Crippen LogP contribution in [0.25, 0.3) is 10.9 Å². The lowest BCUT2D eigenvalue weighted by Crippen LogP contribution is -2.01. The van der Waals surface area contributed by atoms with Crippen LogP contribution in [0.3, 0.4) is 0 Å². The van der Waals surface area contributed by atoms with Gasteiger partial charge in [-0.3, -0.25) is 4.79 Å².